The topological polar surface area (TPSA) is 74.1 Å². The number of nitrogens with zero attached hydrogens (tertiary/aromatic N) is 3. The van der Waals surface area contributed by atoms with E-state index in [0.29, 0.717) is 15.5 Å². The molecule has 2 aromatic carbocycles. The van der Waals surface area contributed by atoms with Gasteiger partial charge in [0.25, 0.3) is 5.91 Å². The zero-order valence-corrected chi connectivity index (χ0v) is 13.1. The lowest BCUT2D eigenvalue weighted by atomic mass is 10.2. The molecule has 0 saturated heterocycles. The molecular formula is C15H10BrN3O3. The molecule has 0 N–H and O–H groups in total. The number of carbonyl (C=O) groups excluding carboxylic acids is 2. The van der Waals surface area contributed by atoms with Crippen LogP contribution < -0.4 is 4.74 Å². The molecule has 3 aromatic rings. The van der Waals surface area contributed by atoms with Crippen molar-refractivity contribution in [1.82, 2.24) is 15.0 Å². The molecule has 0 amide bonds. The Hall–Kier alpha value is -2.54. The van der Waals surface area contributed by atoms with Gasteiger partial charge >= 0.3 is 5.97 Å². The average molecular weight is 360 g/mol. The second-order valence-corrected chi connectivity index (χ2v) is 5.44. The van der Waals surface area contributed by atoms with Gasteiger partial charge < -0.3 is 4.74 Å². The third kappa shape index (κ3) is 2.62. The zero-order valence-electron chi connectivity index (χ0n) is 11.5. The number of carbonyl (C=O) groups is 2. The predicted molar refractivity (Wildman–Crippen MR) is 82.7 cm³/mol. The molecule has 1 aromatic heterocycles. The van der Waals surface area contributed by atoms with Crippen LogP contribution in [0.2, 0.25) is 0 Å². The van der Waals surface area contributed by atoms with E-state index in [4.69, 9.17) is 4.74 Å². The number of ether oxygens (including phenoxy) is 1. The molecule has 0 unspecified atom stereocenters. The Labute approximate surface area is 133 Å². The fourth-order valence-electron chi connectivity index (χ4n) is 2.05. The number of fused-ring (bicyclic) bond motifs is 1. The predicted octanol–water partition coefficient (Wildman–Crippen LogP) is 2.81. The molecule has 0 radical (unpaired) electrons. The van der Waals surface area contributed by atoms with Gasteiger partial charge in [0.15, 0.2) is 0 Å². The van der Waals surface area contributed by atoms with Gasteiger partial charge in [0.05, 0.1) is 11.1 Å². The maximum atomic E-state index is 12.7. The van der Waals surface area contributed by atoms with Gasteiger partial charge in [-0.15, -0.1) is 5.10 Å². The molecule has 6 nitrogen and oxygen atoms in total. The molecule has 0 spiro atoms. The molecule has 0 aliphatic carbocycles. The molecule has 110 valence electrons. The Kier molecular flexibility index (Phi) is 3.72. The molecule has 22 heavy (non-hydrogen) atoms. The molecule has 0 saturated carbocycles. The Balaban J connectivity index is 2.12. The quantitative estimate of drug-likeness (QED) is 0.519. The number of rotatable bonds is 2. The van der Waals surface area contributed by atoms with Crippen molar-refractivity contribution < 1.29 is 14.3 Å². The number of hydrogen-bond donors (Lipinski definition) is 0. The van der Waals surface area contributed by atoms with Gasteiger partial charge in [-0.2, -0.15) is 4.68 Å². The molecular weight excluding hydrogens is 350 g/mol. The smallest absolute Gasteiger partial charge is 0.308 e. The Morgan fingerprint density at radius 1 is 1.18 bits per heavy atom. The summed E-state index contributed by atoms with van der Waals surface area (Å²) in [7, 11) is 0. The van der Waals surface area contributed by atoms with Crippen LogP contribution in [0.25, 0.3) is 11.0 Å². The first kappa shape index (κ1) is 14.4. The van der Waals surface area contributed by atoms with Crippen LogP contribution in [0.15, 0.2) is 46.9 Å². The summed E-state index contributed by atoms with van der Waals surface area (Å²) in [5, 5.41) is 7.83. The number of para-hydroxylation sites is 1. The van der Waals surface area contributed by atoms with Crippen LogP contribution in [0.1, 0.15) is 17.3 Å². The lowest BCUT2D eigenvalue weighted by molar-refractivity contribution is -0.131. The summed E-state index contributed by atoms with van der Waals surface area (Å²) in [6.07, 6.45) is 0. The minimum Gasteiger partial charge on any atom is -0.426 e. The van der Waals surface area contributed by atoms with Gasteiger partial charge in [-0.3, -0.25) is 9.59 Å². The molecule has 0 atom stereocenters. The van der Waals surface area contributed by atoms with E-state index >= 15 is 0 Å². The van der Waals surface area contributed by atoms with Crippen LogP contribution in [0.3, 0.4) is 0 Å². The number of benzene rings is 2. The lowest BCUT2D eigenvalue weighted by Gasteiger charge is -2.08. The summed E-state index contributed by atoms with van der Waals surface area (Å²) in [4.78, 5) is 23.9. The van der Waals surface area contributed by atoms with Crippen molar-refractivity contribution >= 4 is 38.8 Å². The van der Waals surface area contributed by atoms with Gasteiger partial charge in [-0.05, 0) is 30.3 Å². The molecule has 0 aliphatic rings. The van der Waals surface area contributed by atoms with E-state index < -0.39 is 11.9 Å². The summed E-state index contributed by atoms with van der Waals surface area (Å²) in [5.41, 5.74) is 1.42. The summed E-state index contributed by atoms with van der Waals surface area (Å²) in [6.45, 7) is 1.28. The normalized spacial score (nSPS) is 10.6. The molecule has 0 fully saturated rings. The monoisotopic (exact) mass is 359 g/mol. The average Bonchev–Trinajstić information content (AvgIpc) is 2.92. The van der Waals surface area contributed by atoms with Crippen molar-refractivity contribution in [3.63, 3.8) is 0 Å². The zero-order chi connectivity index (χ0) is 15.7. The largest absolute Gasteiger partial charge is 0.426 e. The fraction of sp³-hybridized carbons (Fsp3) is 0.0667. The van der Waals surface area contributed by atoms with Crippen LogP contribution in [-0.2, 0) is 4.79 Å². The maximum absolute atomic E-state index is 12.7. The van der Waals surface area contributed by atoms with E-state index in [1.807, 2.05) is 6.07 Å². The minimum atomic E-state index is -0.500. The molecule has 1 heterocycles. The third-order valence-electron chi connectivity index (χ3n) is 2.97. The number of hydrogen-bond acceptors (Lipinski definition) is 5. The highest BCUT2D eigenvalue weighted by atomic mass is 79.9. The third-order valence-corrected chi connectivity index (χ3v) is 3.46. The van der Waals surface area contributed by atoms with Gasteiger partial charge in [-0.1, -0.05) is 33.3 Å². The van der Waals surface area contributed by atoms with E-state index in [9.17, 15) is 9.59 Å². The first-order chi connectivity index (χ1) is 10.6. The Morgan fingerprint density at radius 3 is 2.73 bits per heavy atom. The first-order valence-corrected chi connectivity index (χ1v) is 7.18. The van der Waals surface area contributed by atoms with Gasteiger partial charge in [-0.25, -0.2) is 0 Å². The summed E-state index contributed by atoms with van der Waals surface area (Å²) < 4.78 is 6.97. The Bertz CT molecular complexity index is 889. The van der Waals surface area contributed by atoms with Crippen LogP contribution >= 0.6 is 15.9 Å². The van der Waals surface area contributed by atoms with E-state index in [1.165, 1.54) is 11.6 Å². The van der Waals surface area contributed by atoms with Crippen molar-refractivity contribution in [3.8, 4) is 5.75 Å². The molecule has 3 rings (SSSR count). The van der Waals surface area contributed by atoms with Crippen LogP contribution in [0, 0.1) is 0 Å². The Morgan fingerprint density at radius 2 is 1.95 bits per heavy atom. The SMILES string of the molecule is CC(=O)Oc1ccc(Br)cc1C(=O)n1nnc2ccccc21. The highest BCUT2D eigenvalue weighted by Gasteiger charge is 2.19. The highest BCUT2D eigenvalue weighted by molar-refractivity contribution is 9.10. The highest BCUT2D eigenvalue weighted by Crippen LogP contribution is 2.25. The van der Waals surface area contributed by atoms with Crippen molar-refractivity contribution in [2.24, 2.45) is 0 Å². The van der Waals surface area contributed by atoms with Gasteiger partial charge in [0, 0.05) is 11.4 Å². The molecule has 7 heteroatoms. The maximum Gasteiger partial charge on any atom is 0.308 e. The van der Waals surface area contributed by atoms with Gasteiger partial charge in [0.1, 0.15) is 11.3 Å². The summed E-state index contributed by atoms with van der Waals surface area (Å²) in [6, 6.07) is 11.9. The number of esters is 1. The van der Waals surface area contributed by atoms with Gasteiger partial charge in [0.2, 0.25) is 0 Å². The lowest BCUT2D eigenvalue weighted by Crippen LogP contribution is -2.16. The van der Waals surface area contributed by atoms with Crippen molar-refractivity contribution in [2.75, 3.05) is 0 Å². The number of halogens is 1. The van der Waals surface area contributed by atoms with Crippen molar-refractivity contribution in [3.05, 3.63) is 52.5 Å². The van der Waals surface area contributed by atoms with Crippen LogP contribution in [-0.4, -0.2) is 26.9 Å². The molecule has 0 bridgehead atoms. The van der Waals surface area contributed by atoms with Crippen LogP contribution in [0.5, 0.6) is 5.75 Å². The summed E-state index contributed by atoms with van der Waals surface area (Å²) >= 11 is 3.31. The standard InChI is InChI=1S/C15H10BrN3O3/c1-9(20)22-14-7-6-10(16)8-11(14)15(21)19-13-5-3-2-4-12(13)17-18-19/h2-8H,1H3. The van der Waals surface area contributed by atoms with Crippen molar-refractivity contribution in [1.29, 1.82) is 0 Å². The van der Waals surface area contributed by atoms with E-state index in [-0.39, 0.29) is 11.3 Å². The van der Waals surface area contributed by atoms with E-state index in [1.54, 1.807) is 36.4 Å². The number of aromatic nitrogens is 3. The molecule has 0 aliphatic heterocycles. The van der Waals surface area contributed by atoms with Crippen LogP contribution in [0.4, 0.5) is 0 Å². The summed E-state index contributed by atoms with van der Waals surface area (Å²) in [5.74, 6) is -0.744. The van der Waals surface area contributed by atoms with E-state index in [0.717, 1.165) is 0 Å². The second kappa shape index (κ2) is 5.69. The van der Waals surface area contributed by atoms with Crippen molar-refractivity contribution in [2.45, 2.75) is 6.92 Å². The second-order valence-electron chi connectivity index (χ2n) is 4.53. The fourth-order valence-corrected chi connectivity index (χ4v) is 2.41. The minimum absolute atomic E-state index is 0.181. The van der Waals surface area contributed by atoms with E-state index in [2.05, 4.69) is 26.2 Å². The first-order valence-electron chi connectivity index (χ1n) is 6.39.